The Labute approximate surface area is 279 Å². The Morgan fingerprint density at radius 3 is 2.00 bits per heavy atom. The van der Waals surface area contributed by atoms with Crippen LogP contribution >= 0.6 is 11.3 Å². The Balaban J connectivity index is 1.19. The maximum atomic E-state index is 6.73. The molecule has 0 aliphatic rings. The monoisotopic (exact) mass is 634 g/mol. The molecule has 226 valence electrons. The molecule has 0 unspecified atom stereocenters. The van der Waals surface area contributed by atoms with Crippen molar-refractivity contribution in [1.29, 1.82) is 0 Å². The molecular weight excluding hydrogens is 609 g/mol. The highest BCUT2D eigenvalue weighted by Gasteiger charge is 2.23. The summed E-state index contributed by atoms with van der Waals surface area (Å²) in [5.74, 6) is 0.598. The molecule has 0 fully saturated rings. The minimum absolute atomic E-state index is 0.598. The number of oxazole rings is 1. The number of furan rings is 1. The molecule has 10 aromatic rings. The van der Waals surface area contributed by atoms with Gasteiger partial charge in [0.05, 0.1) is 11.1 Å². The summed E-state index contributed by atoms with van der Waals surface area (Å²) >= 11 is 1.82. The van der Waals surface area contributed by atoms with E-state index in [4.69, 9.17) is 13.8 Å². The smallest absolute Gasteiger partial charge is 0.227 e. The number of hydrogen-bond acceptors (Lipinski definition) is 5. The molecule has 0 N–H and O–H groups in total. The molecule has 0 aliphatic carbocycles. The summed E-state index contributed by atoms with van der Waals surface area (Å²) in [7, 11) is 0. The van der Waals surface area contributed by atoms with Gasteiger partial charge in [-0.05, 0) is 71.8 Å². The Morgan fingerprint density at radius 1 is 0.479 bits per heavy atom. The Bertz CT molecular complexity index is 2780. The van der Waals surface area contributed by atoms with Crippen LogP contribution in [0.15, 0.2) is 167 Å². The van der Waals surface area contributed by atoms with Crippen LogP contribution in [0, 0.1) is 0 Å². The second-order valence-electron chi connectivity index (χ2n) is 12.0. The van der Waals surface area contributed by atoms with E-state index in [9.17, 15) is 0 Å². The minimum atomic E-state index is 0.598. The van der Waals surface area contributed by atoms with E-state index < -0.39 is 0 Å². The largest absolute Gasteiger partial charge is 0.454 e. The van der Waals surface area contributed by atoms with Crippen LogP contribution in [0.2, 0.25) is 0 Å². The Morgan fingerprint density at radius 2 is 1.17 bits per heavy atom. The third-order valence-electron chi connectivity index (χ3n) is 9.11. The van der Waals surface area contributed by atoms with Gasteiger partial charge in [0.1, 0.15) is 11.1 Å². The molecule has 0 aliphatic heterocycles. The molecule has 3 heterocycles. The SMILES string of the molecule is c1ccc(-c2ccc(N(c3ccc4c(c3)sc3ccccc34)c3cccc4c3oc3ccc5nc(-c6ccccc6)oc5c34)cc2)cc1. The van der Waals surface area contributed by atoms with Crippen LogP contribution in [0.5, 0.6) is 0 Å². The topological polar surface area (TPSA) is 42.4 Å². The van der Waals surface area contributed by atoms with Gasteiger partial charge in [-0.15, -0.1) is 11.3 Å². The van der Waals surface area contributed by atoms with Crippen molar-refractivity contribution in [2.75, 3.05) is 4.90 Å². The highest BCUT2D eigenvalue weighted by Crippen LogP contribution is 2.46. The summed E-state index contributed by atoms with van der Waals surface area (Å²) in [6, 6.07) is 55.0. The molecule has 0 atom stereocenters. The molecule has 48 heavy (non-hydrogen) atoms. The van der Waals surface area contributed by atoms with E-state index in [0.29, 0.717) is 5.89 Å². The van der Waals surface area contributed by atoms with Gasteiger partial charge in [-0.2, -0.15) is 0 Å². The normalized spacial score (nSPS) is 11.8. The van der Waals surface area contributed by atoms with Crippen LogP contribution in [0.1, 0.15) is 0 Å². The number of anilines is 3. The fourth-order valence-corrected chi connectivity index (χ4v) is 7.99. The van der Waals surface area contributed by atoms with Crippen LogP contribution in [0.3, 0.4) is 0 Å². The van der Waals surface area contributed by atoms with E-state index in [0.717, 1.165) is 55.7 Å². The zero-order chi connectivity index (χ0) is 31.6. The van der Waals surface area contributed by atoms with Gasteiger partial charge in [0.15, 0.2) is 11.2 Å². The first-order valence-electron chi connectivity index (χ1n) is 16.0. The fourth-order valence-electron chi connectivity index (χ4n) is 6.85. The first-order chi connectivity index (χ1) is 23.8. The standard InChI is InChI=1S/C43H26N2O2S/c1-3-10-27(11-4-1)28-18-20-30(21-19-28)45(31-22-23-33-32-14-7-8-17-38(32)48-39(33)26-31)36-16-9-15-34-40-37(46-41(34)36)25-24-35-42(40)47-43(44-35)29-12-5-2-6-13-29/h1-26H. The van der Waals surface area contributed by atoms with Crippen LogP contribution in [0.25, 0.3) is 75.8 Å². The summed E-state index contributed by atoms with van der Waals surface area (Å²) in [5.41, 5.74) is 9.44. The minimum Gasteiger partial charge on any atom is -0.454 e. The maximum absolute atomic E-state index is 6.73. The zero-order valence-electron chi connectivity index (χ0n) is 25.6. The summed E-state index contributed by atoms with van der Waals surface area (Å²) in [4.78, 5) is 7.14. The van der Waals surface area contributed by atoms with E-state index in [1.54, 1.807) is 0 Å². The highest BCUT2D eigenvalue weighted by atomic mass is 32.1. The molecule has 7 aromatic carbocycles. The van der Waals surface area contributed by atoms with Crippen molar-refractivity contribution >= 4 is 81.6 Å². The molecule has 10 rings (SSSR count). The molecular formula is C43H26N2O2S. The van der Waals surface area contributed by atoms with Gasteiger partial charge in [0.25, 0.3) is 0 Å². The lowest BCUT2D eigenvalue weighted by Crippen LogP contribution is -2.10. The average molecular weight is 635 g/mol. The van der Waals surface area contributed by atoms with Crippen molar-refractivity contribution in [2.24, 2.45) is 0 Å². The summed E-state index contributed by atoms with van der Waals surface area (Å²) in [6.07, 6.45) is 0. The Kier molecular flexibility index (Phi) is 6.01. The second kappa shape index (κ2) is 10.7. The number of nitrogens with zero attached hydrogens (tertiary/aromatic N) is 2. The third kappa shape index (κ3) is 4.25. The van der Waals surface area contributed by atoms with Crippen molar-refractivity contribution in [3.05, 3.63) is 158 Å². The van der Waals surface area contributed by atoms with Gasteiger partial charge in [0, 0.05) is 42.5 Å². The van der Waals surface area contributed by atoms with E-state index in [1.807, 2.05) is 59.9 Å². The van der Waals surface area contributed by atoms with E-state index >= 15 is 0 Å². The van der Waals surface area contributed by atoms with Crippen LogP contribution < -0.4 is 4.90 Å². The van der Waals surface area contributed by atoms with E-state index in [2.05, 4.69) is 114 Å². The Hall–Kier alpha value is -6.17. The predicted molar refractivity (Wildman–Crippen MR) is 200 cm³/mol. The van der Waals surface area contributed by atoms with Gasteiger partial charge in [-0.25, -0.2) is 4.98 Å². The number of aromatic nitrogens is 1. The third-order valence-corrected chi connectivity index (χ3v) is 10.2. The van der Waals surface area contributed by atoms with Gasteiger partial charge in [-0.3, -0.25) is 0 Å². The van der Waals surface area contributed by atoms with Gasteiger partial charge < -0.3 is 13.7 Å². The molecule has 0 saturated heterocycles. The quantitative estimate of drug-likeness (QED) is 0.189. The molecule has 0 radical (unpaired) electrons. The number of benzene rings is 7. The average Bonchev–Trinajstić information content (AvgIpc) is 3.86. The highest BCUT2D eigenvalue weighted by molar-refractivity contribution is 7.25. The van der Waals surface area contributed by atoms with Crippen molar-refractivity contribution in [3.63, 3.8) is 0 Å². The number of thiophene rings is 1. The second-order valence-corrected chi connectivity index (χ2v) is 13.0. The first-order valence-corrected chi connectivity index (χ1v) is 16.8. The summed E-state index contributed by atoms with van der Waals surface area (Å²) in [6.45, 7) is 0. The van der Waals surface area contributed by atoms with E-state index in [-0.39, 0.29) is 0 Å². The van der Waals surface area contributed by atoms with Gasteiger partial charge in [-0.1, -0.05) is 97.1 Å². The number of para-hydroxylation sites is 1. The molecule has 0 spiro atoms. The fraction of sp³-hybridized carbons (Fsp3) is 0. The number of fused-ring (bicyclic) bond motifs is 8. The zero-order valence-corrected chi connectivity index (χ0v) is 26.4. The van der Waals surface area contributed by atoms with Crippen molar-refractivity contribution < 1.29 is 8.83 Å². The lowest BCUT2D eigenvalue weighted by atomic mass is 10.0. The molecule has 0 amide bonds. The number of rotatable bonds is 5. The van der Waals surface area contributed by atoms with Gasteiger partial charge in [0.2, 0.25) is 5.89 Å². The van der Waals surface area contributed by atoms with Gasteiger partial charge >= 0.3 is 0 Å². The number of hydrogen-bond donors (Lipinski definition) is 0. The molecule has 0 saturated carbocycles. The lowest BCUT2D eigenvalue weighted by Gasteiger charge is -2.26. The van der Waals surface area contributed by atoms with E-state index in [1.165, 1.54) is 31.3 Å². The molecule has 5 heteroatoms. The van der Waals surface area contributed by atoms with Crippen LogP contribution in [0.4, 0.5) is 17.1 Å². The predicted octanol–water partition coefficient (Wildman–Crippen LogP) is 12.9. The van der Waals surface area contributed by atoms with Crippen LogP contribution in [-0.4, -0.2) is 4.98 Å². The molecule has 0 bridgehead atoms. The first kappa shape index (κ1) is 27.0. The van der Waals surface area contributed by atoms with Crippen molar-refractivity contribution in [3.8, 4) is 22.6 Å². The summed E-state index contributed by atoms with van der Waals surface area (Å²) in [5, 5.41) is 4.46. The molecule has 3 aromatic heterocycles. The lowest BCUT2D eigenvalue weighted by molar-refractivity contribution is 0.622. The van der Waals surface area contributed by atoms with Crippen molar-refractivity contribution in [2.45, 2.75) is 0 Å². The molecule has 4 nitrogen and oxygen atoms in total. The maximum Gasteiger partial charge on any atom is 0.227 e. The summed E-state index contributed by atoms with van der Waals surface area (Å²) < 4.78 is 15.7. The van der Waals surface area contributed by atoms with Crippen molar-refractivity contribution in [1.82, 2.24) is 4.98 Å². The van der Waals surface area contributed by atoms with Crippen LogP contribution in [-0.2, 0) is 0 Å².